The Labute approximate surface area is 215 Å². The number of carbonyl (C=O) groups is 1. The fraction of sp³-hybridized carbons (Fsp3) is 0.370. The van der Waals surface area contributed by atoms with Crippen molar-refractivity contribution in [3.05, 3.63) is 48.4 Å². The maximum atomic E-state index is 12.8. The predicted octanol–water partition coefficient (Wildman–Crippen LogP) is 4.49. The molecule has 1 aliphatic rings. The fourth-order valence-electron chi connectivity index (χ4n) is 4.86. The van der Waals surface area contributed by atoms with Gasteiger partial charge in [-0.1, -0.05) is 19.1 Å². The second-order valence-corrected chi connectivity index (χ2v) is 10.4. The second kappa shape index (κ2) is 9.91. The maximum absolute atomic E-state index is 12.8. The van der Waals surface area contributed by atoms with Crippen molar-refractivity contribution in [1.82, 2.24) is 24.3 Å². The number of benzene rings is 1. The van der Waals surface area contributed by atoms with Gasteiger partial charge >= 0.3 is 0 Å². The summed E-state index contributed by atoms with van der Waals surface area (Å²) in [6, 6.07) is 6.53. The molecule has 0 saturated carbocycles. The summed E-state index contributed by atoms with van der Waals surface area (Å²) in [5, 5.41) is 1.99. The molecule has 188 valence electrons. The van der Waals surface area contributed by atoms with Crippen LogP contribution < -0.4 is 10.5 Å². The number of carbonyl (C=O) groups excluding carboxylic acids is 1. The Morgan fingerprint density at radius 2 is 2.17 bits per heavy atom. The average molecular weight is 505 g/mol. The lowest BCUT2D eigenvalue weighted by Crippen LogP contribution is -2.27. The summed E-state index contributed by atoms with van der Waals surface area (Å²) in [5.41, 5.74) is 9.35. The first-order valence-electron chi connectivity index (χ1n) is 12.2. The maximum Gasteiger partial charge on any atom is 0.246 e. The summed E-state index contributed by atoms with van der Waals surface area (Å²) < 4.78 is 8.93. The fourth-order valence-corrected chi connectivity index (χ4v) is 6.01. The average Bonchev–Trinajstić information content (AvgIpc) is 3.60. The monoisotopic (exact) mass is 504 g/mol. The van der Waals surface area contributed by atoms with Crippen molar-refractivity contribution in [3.63, 3.8) is 0 Å². The molecule has 1 atom stereocenters. The number of methoxy groups -OCH3 is 1. The number of likely N-dealkylation sites (tertiary alicyclic amines) is 1. The number of likely N-dealkylation sites (N-methyl/N-ethyl adjacent to an activating group) is 1. The van der Waals surface area contributed by atoms with Gasteiger partial charge in [-0.3, -0.25) is 4.79 Å². The molecule has 1 aliphatic heterocycles. The quantitative estimate of drug-likeness (QED) is 0.373. The number of aryl methyl sites for hydroxylation is 1. The van der Waals surface area contributed by atoms with Crippen molar-refractivity contribution < 1.29 is 9.53 Å². The van der Waals surface area contributed by atoms with Gasteiger partial charge in [-0.2, -0.15) is 0 Å². The highest BCUT2D eigenvalue weighted by Gasteiger charge is 2.29. The number of aromatic nitrogens is 3. The van der Waals surface area contributed by atoms with E-state index in [1.165, 1.54) is 6.33 Å². The highest BCUT2D eigenvalue weighted by atomic mass is 32.1. The third kappa shape index (κ3) is 4.44. The van der Waals surface area contributed by atoms with E-state index in [2.05, 4.69) is 57.7 Å². The van der Waals surface area contributed by atoms with Crippen molar-refractivity contribution in [1.29, 1.82) is 0 Å². The van der Waals surface area contributed by atoms with Crippen LogP contribution in [-0.2, 0) is 4.79 Å². The van der Waals surface area contributed by atoms with Gasteiger partial charge < -0.3 is 24.8 Å². The Balaban J connectivity index is 1.48. The SMILES string of the molecule is CCN(C)C/C=C/C(=O)N1CCC(n2cc(-c3cc4cc(C)cc(OC)c4s3)c3c(N)ncnc32)C1. The van der Waals surface area contributed by atoms with E-state index in [9.17, 15) is 4.79 Å². The van der Waals surface area contributed by atoms with Crippen LogP contribution in [0.4, 0.5) is 5.82 Å². The van der Waals surface area contributed by atoms with E-state index in [0.29, 0.717) is 18.9 Å². The van der Waals surface area contributed by atoms with Crippen molar-refractivity contribution >= 4 is 44.2 Å². The van der Waals surface area contributed by atoms with Crippen LogP contribution in [0.2, 0.25) is 0 Å². The molecule has 0 aliphatic carbocycles. The molecule has 8 nitrogen and oxygen atoms in total. The van der Waals surface area contributed by atoms with Crippen LogP contribution in [0.15, 0.2) is 42.9 Å². The molecule has 1 amide bonds. The minimum absolute atomic E-state index is 0.0554. The molecule has 9 heteroatoms. The smallest absolute Gasteiger partial charge is 0.246 e. The number of nitrogens with zero attached hydrogens (tertiary/aromatic N) is 5. The molecule has 4 heterocycles. The van der Waals surface area contributed by atoms with Gasteiger partial charge in [0.15, 0.2) is 0 Å². The number of thiophene rings is 1. The topological polar surface area (TPSA) is 89.5 Å². The van der Waals surface area contributed by atoms with Crippen LogP contribution in [-0.4, -0.2) is 70.6 Å². The molecule has 1 unspecified atom stereocenters. The zero-order chi connectivity index (χ0) is 25.4. The molecule has 1 saturated heterocycles. The van der Waals surface area contributed by atoms with Crippen molar-refractivity contribution in [3.8, 4) is 16.2 Å². The van der Waals surface area contributed by atoms with Gasteiger partial charge in [0.25, 0.3) is 0 Å². The molecule has 0 spiro atoms. The lowest BCUT2D eigenvalue weighted by Gasteiger charge is -2.16. The molecule has 2 N–H and O–H groups in total. The first kappa shape index (κ1) is 24.3. The first-order valence-corrected chi connectivity index (χ1v) is 13.0. The Bertz CT molecular complexity index is 1460. The van der Waals surface area contributed by atoms with Crippen molar-refractivity contribution in [2.45, 2.75) is 26.3 Å². The number of nitrogens with two attached hydrogens (primary N) is 1. The van der Waals surface area contributed by atoms with Gasteiger partial charge in [0, 0.05) is 42.3 Å². The van der Waals surface area contributed by atoms with Crippen LogP contribution in [0.1, 0.15) is 24.9 Å². The Morgan fingerprint density at radius 3 is 2.94 bits per heavy atom. The molecular formula is C27H32N6O2S. The Kier molecular flexibility index (Phi) is 6.68. The van der Waals surface area contributed by atoms with E-state index in [4.69, 9.17) is 10.5 Å². The van der Waals surface area contributed by atoms with Gasteiger partial charge in [0.1, 0.15) is 23.5 Å². The zero-order valence-electron chi connectivity index (χ0n) is 21.2. The number of hydrogen-bond acceptors (Lipinski definition) is 7. The minimum atomic E-state index is 0.0554. The van der Waals surface area contributed by atoms with Crippen molar-refractivity contribution in [2.75, 3.05) is 46.1 Å². The summed E-state index contributed by atoms with van der Waals surface area (Å²) in [5.74, 6) is 1.39. The van der Waals surface area contributed by atoms with Gasteiger partial charge in [-0.25, -0.2) is 9.97 Å². The molecule has 36 heavy (non-hydrogen) atoms. The number of fused-ring (bicyclic) bond motifs is 2. The minimum Gasteiger partial charge on any atom is -0.495 e. The number of hydrogen-bond donors (Lipinski definition) is 1. The number of amides is 1. The zero-order valence-corrected chi connectivity index (χ0v) is 22.0. The van der Waals surface area contributed by atoms with Crippen molar-refractivity contribution in [2.24, 2.45) is 0 Å². The van der Waals surface area contributed by atoms with E-state index in [0.717, 1.165) is 62.4 Å². The summed E-state index contributed by atoms with van der Waals surface area (Å²) in [6.07, 6.45) is 8.14. The Hall–Kier alpha value is -3.43. The number of ether oxygens (including phenoxy) is 1. The molecule has 1 aromatic carbocycles. The molecule has 4 aromatic rings. The van der Waals surface area contributed by atoms with E-state index in [-0.39, 0.29) is 11.9 Å². The molecular weight excluding hydrogens is 472 g/mol. The molecule has 3 aromatic heterocycles. The normalized spacial score (nSPS) is 16.2. The van der Waals surface area contributed by atoms with Crippen LogP contribution >= 0.6 is 11.3 Å². The van der Waals surface area contributed by atoms with Crippen LogP contribution in [0.25, 0.3) is 31.6 Å². The van der Waals surface area contributed by atoms with Crippen LogP contribution in [0.3, 0.4) is 0 Å². The summed E-state index contributed by atoms with van der Waals surface area (Å²) in [7, 11) is 3.74. The summed E-state index contributed by atoms with van der Waals surface area (Å²) in [4.78, 5) is 26.8. The second-order valence-electron chi connectivity index (χ2n) is 9.39. The molecule has 0 radical (unpaired) electrons. The predicted molar refractivity (Wildman–Crippen MR) is 147 cm³/mol. The molecule has 5 rings (SSSR count). The van der Waals surface area contributed by atoms with Crippen LogP contribution in [0, 0.1) is 6.92 Å². The molecule has 1 fully saturated rings. The van der Waals surface area contributed by atoms with Gasteiger partial charge in [0.2, 0.25) is 5.91 Å². The first-order chi connectivity index (χ1) is 17.4. The standard InChI is InChI=1S/C27H32N6O2S/c1-5-31(3)9-6-7-23(34)32-10-8-19(14-32)33-15-20(24-26(28)29-16-30-27(24)33)22-13-18-11-17(2)12-21(35-4)25(18)36-22/h6-7,11-13,15-16,19H,5,8-10,14H2,1-4H3,(H2,28,29,30)/b7-6+. The lowest BCUT2D eigenvalue weighted by atomic mass is 10.1. The summed E-state index contributed by atoms with van der Waals surface area (Å²) in [6.45, 7) is 7.24. The highest BCUT2D eigenvalue weighted by Crippen LogP contribution is 2.43. The van der Waals surface area contributed by atoms with Crippen LogP contribution in [0.5, 0.6) is 5.75 Å². The summed E-state index contributed by atoms with van der Waals surface area (Å²) >= 11 is 1.68. The van der Waals surface area contributed by atoms with Gasteiger partial charge in [-0.15, -0.1) is 11.3 Å². The van der Waals surface area contributed by atoms with E-state index >= 15 is 0 Å². The number of rotatable bonds is 7. The largest absolute Gasteiger partial charge is 0.495 e. The van der Waals surface area contributed by atoms with Gasteiger partial charge in [-0.05, 0) is 50.0 Å². The number of nitrogen functional groups attached to an aromatic ring is 1. The third-order valence-electron chi connectivity index (χ3n) is 6.94. The lowest BCUT2D eigenvalue weighted by molar-refractivity contribution is -0.125. The molecule has 0 bridgehead atoms. The third-order valence-corrected chi connectivity index (χ3v) is 8.14. The van der Waals surface area contributed by atoms with E-state index < -0.39 is 0 Å². The number of anilines is 1. The Morgan fingerprint density at radius 1 is 1.33 bits per heavy atom. The van der Waals surface area contributed by atoms with Gasteiger partial charge in [0.05, 0.1) is 23.2 Å². The van der Waals surface area contributed by atoms with E-state index in [1.54, 1.807) is 24.5 Å². The highest BCUT2D eigenvalue weighted by molar-refractivity contribution is 7.22. The van der Waals surface area contributed by atoms with E-state index in [1.807, 2.05) is 18.0 Å².